The number of rotatable bonds is 3. The molecule has 0 aliphatic rings. The van der Waals surface area contributed by atoms with Gasteiger partial charge in [0.1, 0.15) is 11.3 Å². The number of benzene rings is 2. The quantitative estimate of drug-likeness (QED) is 0.513. The number of nitrogens with zero attached hydrogens (tertiary/aromatic N) is 3. The number of nitrogens with two attached hydrogens (primary N) is 1. The molecule has 0 bridgehead atoms. The van der Waals surface area contributed by atoms with Gasteiger partial charge in [0.15, 0.2) is 17.2 Å². The second-order valence-corrected chi connectivity index (χ2v) is 6.08. The zero-order valence-electron chi connectivity index (χ0n) is 14.3. The van der Waals surface area contributed by atoms with Crippen molar-refractivity contribution in [2.24, 2.45) is 5.73 Å². The Labute approximate surface area is 152 Å². The van der Waals surface area contributed by atoms with Crippen molar-refractivity contribution < 1.29 is 9.90 Å². The number of primary amides is 1. The number of aromatic amines is 1. The van der Waals surface area contributed by atoms with E-state index in [2.05, 4.69) is 15.0 Å². The summed E-state index contributed by atoms with van der Waals surface area (Å²) in [5.41, 5.74) is 7.15. The minimum atomic E-state index is -0.809. The summed E-state index contributed by atoms with van der Waals surface area (Å²) in [6, 6.07) is 13.7. The number of amides is 1. The molecule has 4 N–H and O–H groups in total. The lowest BCUT2D eigenvalue weighted by molar-refractivity contribution is 0.0997. The van der Waals surface area contributed by atoms with Gasteiger partial charge < -0.3 is 15.8 Å². The normalized spacial score (nSPS) is 11.0. The van der Waals surface area contributed by atoms with Crippen LogP contribution in [0.15, 0.2) is 53.3 Å². The van der Waals surface area contributed by atoms with Crippen LogP contribution in [-0.4, -0.2) is 30.5 Å². The van der Waals surface area contributed by atoms with Crippen LogP contribution in [-0.2, 0) is 0 Å². The van der Waals surface area contributed by atoms with Crippen molar-refractivity contribution >= 4 is 17.1 Å². The van der Waals surface area contributed by atoms with Gasteiger partial charge in [-0.1, -0.05) is 29.8 Å². The Morgan fingerprint density at radius 1 is 1.11 bits per heavy atom. The number of carbonyl (C=O) groups excluding carboxylic acids is 1. The molecule has 1 amide bonds. The predicted octanol–water partition coefficient (Wildman–Crippen LogP) is 1.89. The van der Waals surface area contributed by atoms with Crippen molar-refractivity contribution in [1.29, 1.82) is 0 Å². The Bertz CT molecular complexity index is 1240. The highest BCUT2D eigenvalue weighted by atomic mass is 16.3. The third kappa shape index (κ3) is 2.73. The van der Waals surface area contributed by atoms with Crippen molar-refractivity contribution in [1.82, 2.24) is 19.5 Å². The number of aromatic hydroxyl groups is 1. The van der Waals surface area contributed by atoms with Gasteiger partial charge in [0.25, 0.3) is 5.91 Å². The molecular formula is C19H15N5O3. The monoisotopic (exact) mass is 361 g/mol. The van der Waals surface area contributed by atoms with Gasteiger partial charge in [-0.15, -0.1) is 0 Å². The first-order valence-corrected chi connectivity index (χ1v) is 8.13. The van der Waals surface area contributed by atoms with Crippen molar-refractivity contribution in [3.05, 3.63) is 70.3 Å². The number of para-hydroxylation sites is 1. The number of phenols is 1. The topological polar surface area (TPSA) is 127 Å². The van der Waals surface area contributed by atoms with Gasteiger partial charge in [-0.05, 0) is 31.2 Å². The lowest BCUT2D eigenvalue weighted by atomic mass is 10.2. The van der Waals surface area contributed by atoms with Crippen molar-refractivity contribution in [3.8, 4) is 22.8 Å². The second-order valence-electron chi connectivity index (χ2n) is 6.08. The molecule has 0 unspecified atom stereocenters. The molecule has 0 aliphatic carbocycles. The fourth-order valence-electron chi connectivity index (χ4n) is 2.88. The maximum absolute atomic E-state index is 12.6. The third-order valence-electron chi connectivity index (χ3n) is 4.21. The second kappa shape index (κ2) is 6.10. The zero-order chi connectivity index (χ0) is 19.1. The van der Waals surface area contributed by atoms with E-state index in [4.69, 9.17) is 5.73 Å². The van der Waals surface area contributed by atoms with E-state index in [1.165, 1.54) is 10.6 Å². The standard InChI is InChI=1S/C19H15N5O3/c1-10-6-8-11(9-7-10)24-18-15(22-19(24)27)14(16(20)26)21-17(23-18)12-4-2-3-5-13(12)25/h2-9,25H,1H3,(H2,20,26)(H,22,27). The number of carbonyl (C=O) groups is 1. The van der Waals surface area contributed by atoms with Crippen molar-refractivity contribution in [2.75, 3.05) is 0 Å². The van der Waals surface area contributed by atoms with Gasteiger partial charge in [-0.2, -0.15) is 0 Å². The van der Waals surface area contributed by atoms with Crippen LogP contribution in [0.3, 0.4) is 0 Å². The summed E-state index contributed by atoms with van der Waals surface area (Å²) in [5, 5.41) is 10.1. The average molecular weight is 361 g/mol. The molecule has 2 heterocycles. The number of phenolic OH excluding ortho intramolecular Hbond substituents is 1. The number of aromatic nitrogens is 4. The summed E-state index contributed by atoms with van der Waals surface area (Å²) >= 11 is 0. The molecule has 0 saturated heterocycles. The summed E-state index contributed by atoms with van der Waals surface area (Å²) in [6.45, 7) is 1.94. The number of aryl methyl sites for hydroxylation is 1. The Balaban J connectivity index is 2.08. The smallest absolute Gasteiger partial charge is 0.332 e. The summed E-state index contributed by atoms with van der Waals surface area (Å²) in [7, 11) is 0. The molecule has 8 nitrogen and oxygen atoms in total. The molecule has 4 aromatic rings. The van der Waals surface area contributed by atoms with Crippen LogP contribution in [0.4, 0.5) is 0 Å². The molecule has 0 spiro atoms. The van der Waals surface area contributed by atoms with E-state index in [0.29, 0.717) is 11.3 Å². The molecule has 134 valence electrons. The van der Waals surface area contributed by atoms with Crippen LogP contribution < -0.4 is 11.4 Å². The molecule has 0 radical (unpaired) electrons. The number of imidazole rings is 1. The lowest BCUT2D eigenvalue weighted by Crippen LogP contribution is -2.15. The predicted molar refractivity (Wildman–Crippen MR) is 99.8 cm³/mol. The number of fused-ring (bicyclic) bond motifs is 1. The maximum Gasteiger partial charge on any atom is 0.332 e. The Morgan fingerprint density at radius 3 is 2.48 bits per heavy atom. The largest absolute Gasteiger partial charge is 0.507 e. The van der Waals surface area contributed by atoms with Gasteiger partial charge in [-0.25, -0.2) is 19.3 Å². The highest BCUT2D eigenvalue weighted by Gasteiger charge is 2.21. The highest BCUT2D eigenvalue weighted by molar-refractivity contribution is 6.02. The van der Waals surface area contributed by atoms with Crippen LogP contribution in [0.1, 0.15) is 16.1 Å². The lowest BCUT2D eigenvalue weighted by Gasteiger charge is -2.07. The fourth-order valence-corrected chi connectivity index (χ4v) is 2.88. The van der Waals surface area contributed by atoms with Gasteiger partial charge in [0.2, 0.25) is 0 Å². The summed E-state index contributed by atoms with van der Waals surface area (Å²) in [5.74, 6) is -0.766. The molecule has 0 saturated carbocycles. The van der Waals surface area contributed by atoms with Gasteiger partial charge in [0, 0.05) is 0 Å². The van der Waals surface area contributed by atoms with Crippen LogP contribution in [0, 0.1) is 6.92 Å². The highest BCUT2D eigenvalue weighted by Crippen LogP contribution is 2.28. The van der Waals surface area contributed by atoms with E-state index in [-0.39, 0.29) is 28.4 Å². The summed E-state index contributed by atoms with van der Waals surface area (Å²) < 4.78 is 1.34. The van der Waals surface area contributed by atoms with E-state index in [9.17, 15) is 14.7 Å². The first-order valence-electron chi connectivity index (χ1n) is 8.13. The van der Waals surface area contributed by atoms with E-state index in [1.54, 1.807) is 30.3 Å². The van der Waals surface area contributed by atoms with Crippen molar-refractivity contribution in [3.63, 3.8) is 0 Å². The van der Waals surface area contributed by atoms with Crippen LogP contribution in [0.2, 0.25) is 0 Å². The van der Waals surface area contributed by atoms with E-state index >= 15 is 0 Å². The molecule has 0 atom stereocenters. The molecular weight excluding hydrogens is 346 g/mol. The molecule has 8 heteroatoms. The minimum Gasteiger partial charge on any atom is -0.507 e. The SMILES string of the molecule is Cc1ccc(-n2c(=O)[nH]c3c(C(N)=O)nc(-c4ccccc4O)nc32)cc1. The van der Waals surface area contributed by atoms with E-state index in [1.807, 2.05) is 19.1 Å². The Hall–Kier alpha value is -3.94. The fraction of sp³-hybridized carbons (Fsp3) is 0.0526. The Kier molecular flexibility index (Phi) is 3.73. The van der Waals surface area contributed by atoms with Gasteiger partial charge in [0.05, 0.1) is 11.3 Å². The molecule has 0 fully saturated rings. The maximum atomic E-state index is 12.6. The number of hydrogen-bond acceptors (Lipinski definition) is 5. The number of hydrogen-bond donors (Lipinski definition) is 3. The van der Waals surface area contributed by atoms with Crippen LogP contribution in [0.5, 0.6) is 5.75 Å². The zero-order valence-corrected chi connectivity index (χ0v) is 14.3. The summed E-state index contributed by atoms with van der Waals surface area (Å²) in [4.78, 5) is 35.7. The number of H-pyrrole nitrogens is 1. The molecule has 27 heavy (non-hydrogen) atoms. The third-order valence-corrected chi connectivity index (χ3v) is 4.21. The molecule has 2 aromatic carbocycles. The van der Waals surface area contributed by atoms with Crippen LogP contribution >= 0.6 is 0 Å². The van der Waals surface area contributed by atoms with E-state index in [0.717, 1.165) is 5.56 Å². The molecule has 2 aromatic heterocycles. The van der Waals surface area contributed by atoms with Crippen molar-refractivity contribution in [2.45, 2.75) is 6.92 Å². The minimum absolute atomic E-state index is 0.0490. The van der Waals surface area contributed by atoms with Gasteiger partial charge in [-0.3, -0.25) is 4.79 Å². The van der Waals surface area contributed by atoms with E-state index < -0.39 is 11.6 Å². The first-order chi connectivity index (χ1) is 13.0. The Morgan fingerprint density at radius 2 is 1.81 bits per heavy atom. The van der Waals surface area contributed by atoms with Crippen LogP contribution in [0.25, 0.3) is 28.2 Å². The van der Waals surface area contributed by atoms with Gasteiger partial charge >= 0.3 is 5.69 Å². The first kappa shape index (κ1) is 16.5. The molecule has 0 aliphatic heterocycles. The molecule has 4 rings (SSSR count). The number of nitrogens with one attached hydrogen (secondary N) is 1. The average Bonchev–Trinajstić information content (AvgIpc) is 2.97. The summed E-state index contributed by atoms with van der Waals surface area (Å²) in [6.07, 6.45) is 0.